The first-order chi connectivity index (χ1) is 14.4. The number of fused-ring (bicyclic) bond motifs is 1. The lowest BCUT2D eigenvalue weighted by atomic mass is 9.85. The van der Waals surface area contributed by atoms with E-state index in [0.717, 1.165) is 67.0 Å². The van der Waals surface area contributed by atoms with E-state index in [-0.39, 0.29) is 5.41 Å². The maximum atomic E-state index is 12.8. The molecule has 0 bridgehead atoms. The molecule has 1 N–H and O–H groups in total. The van der Waals surface area contributed by atoms with Gasteiger partial charge in [0.15, 0.2) is 0 Å². The third-order valence-electron chi connectivity index (χ3n) is 6.32. The first-order valence-corrected chi connectivity index (χ1v) is 11.1. The largest absolute Gasteiger partial charge is 0.393 e. The van der Waals surface area contributed by atoms with E-state index >= 15 is 0 Å². The Morgan fingerprint density at radius 1 is 1.17 bits per heavy atom. The van der Waals surface area contributed by atoms with E-state index in [1.54, 1.807) is 6.07 Å². The number of alkyl halides is 3. The highest BCUT2D eigenvalue weighted by atomic mass is 32.1. The molecule has 2 atom stereocenters. The van der Waals surface area contributed by atoms with Crippen molar-refractivity contribution in [3.05, 3.63) is 47.6 Å². The maximum absolute atomic E-state index is 12.8. The summed E-state index contributed by atoms with van der Waals surface area (Å²) in [5.41, 5.74) is 1.40. The van der Waals surface area contributed by atoms with Crippen molar-refractivity contribution in [3.63, 3.8) is 0 Å². The van der Waals surface area contributed by atoms with E-state index in [2.05, 4.69) is 32.3 Å². The lowest BCUT2D eigenvalue weighted by Crippen LogP contribution is -2.27. The van der Waals surface area contributed by atoms with Crippen molar-refractivity contribution in [2.75, 3.05) is 23.3 Å². The van der Waals surface area contributed by atoms with Gasteiger partial charge in [-0.1, -0.05) is 18.2 Å². The third-order valence-corrected chi connectivity index (χ3v) is 7.36. The fourth-order valence-corrected chi connectivity index (χ4v) is 6.04. The summed E-state index contributed by atoms with van der Waals surface area (Å²) < 4.78 is 38.5. The van der Waals surface area contributed by atoms with Crippen LogP contribution in [-0.4, -0.2) is 35.3 Å². The van der Waals surface area contributed by atoms with E-state index in [4.69, 9.17) is 0 Å². The number of halogens is 3. The van der Waals surface area contributed by atoms with Crippen molar-refractivity contribution in [2.45, 2.75) is 44.3 Å². The molecule has 0 radical (unpaired) electrons. The molecule has 1 aliphatic carbocycles. The van der Waals surface area contributed by atoms with Crippen molar-refractivity contribution < 1.29 is 13.2 Å². The number of hydrogen-bond donors (Lipinski definition) is 1. The molecule has 2 aromatic heterocycles. The summed E-state index contributed by atoms with van der Waals surface area (Å²) in [5.74, 6) is 0.779. The predicted octanol–water partition coefficient (Wildman–Crippen LogP) is 5.66. The SMILES string of the molecule is FC(F)(F)Cc1cc2c(N3CCC4(CC[C@@H](Nc5ccccc5)C4)C3)ncnc2s1. The number of nitrogens with zero attached hydrogens (tertiary/aromatic N) is 3. The van der Waals surface area contributed by atoms with Gasteiger partial charge in [-0.2, -0.15) is 13.2 Å². The minimum absolute atomic E-state index is 0.245. The van der Waals surface area contributed by atoms with Gasteiger partial charge in [-0.25, -0.2) is 9.97 Å². The zero-order chi connectivity index (χ0) is 20.8. The molecule has 1 saturated carbocycles. The summed E-state index contributed by atoms with van der Waals surface area (Å²) >= 11 is 1.11. The summed E-state index contributed by atoms with van der Waals surface area (Å²) in [7, 11) is 0. The van der Waals surface area contributed by atoms with E-state index in [1.807, 2.05) is 18.2 Å². The Balaban J connectivity index is 1.32. The van der Waals surface area contributed by atoms with Crippen molar-refractivity contribution in [2.24, 2.45) is 5.41 Å². The van der Waals surface area contributed by atoms with Gasteiger partial charge in [0.2, 0.25) is 0 Å². The van der Waals surface area contributed by atoms with Crippen LogP contribution in [0.2, 0.25) is 0 Å². The number of rotatable bonds is 4. The van der Waals surface area contributed by atoms with Gasteiger partial charge < -0.3 is 10.2 Å². The quantitative estimate of drug-likeness (QED) is 0.578. The molecule has 1 unspecified atom stereocenters. The van der Waals surface area contributed by atoms with Gasteiger partial charge in [0.1, 0.15) is 17.0 Å². The maximum Gasteiger partial charge on any atom is 0.393 e. The molecule has 1 aromatic carbocycles. The van der Waals surface area contributed by atoms with Crippen LogP contribution in [0.15, 0.2) is 42.7 Å². The van der Waals surface area contributed by atoms with Gasteiger partial charge in [0, 0.05) is 29.7 Å². The van der Waals surface area contributed by atoms with Gasteiger partial charge >= 0.3 is 6.18 Å². The molecule has 5 rings (SSSR count). The Kier molecular flexibility index (Phi) is 4.84. The monoisotopic (exact) mass is 432 g/mol. The summed E-state index contributed by atoms with van der Waals surface area (Å²) in [4.78, 5) is 11.9. The number of aromatic nitrogens is 2. The number of hydrogen-bond acceptors (Lipinski definition) is 5. The fraction of sp³-hybridized carbons (Fsp3) is 0.455. The molecular formula is C22H23F3N4S. The summed E-state index contributed by atoms with van der Waals surface area (Å²) in [6, 6.07) is 12.4. The molecule has 2 fully saturated rings. The summed E-state index contributed by atoms with van der Waals surface area (Å²) in [6.45, 7) is 1.78. The van der Waals surface area contributed by atoms with Gasteiger partial charge in [-0.05, 0) is 49.3 Å². The lowest BCUT2D eigenvalue weighted by Gasteiger charge is -2.25. The highest BCUT2D eigenvalue weighted by Crippen LogP contribution is 2.48. The Labute approximate surface area is 177 Å². The lowest BCUT2D eigenvalue weighted by molar-refractivity contribution is -0.126. The zero-order valence-electron chi connectivity index (χ0n) is 16.5. The fourth-order valence-electron chi connectivity index (χ4n) is 5.02. The van der Waals surface area contributed by atoms with Gasteiger partial charge in [0.25, 0.3) is 0 Å². The van der Waals surface area contributed by atoms with E-state index in [9.17, 15) is 13.2 Å². The van der Waals surface area contributed by atoms with Crippen LogP contribution < -0.4 is 10.2 Å². The summed E-state index contributed by atoms with van der Waals surface area (Å²) in [5, 5.41) is 4.40. The minimum atomic E-state index is -4.21. The molecule has 30 heavy (non-hydrogen) atoms. The number of anilines is 2. The Morgan fingerprint density at radius 3 is 2.80 bits per heavy atom. The van der Waals surface area contributed by atoms with Gasteiger partial charge in [-0.3, -0.25) is 0 Å². The molecule has 4 nitrogen and oxygen atoms in total. The molecule has 1 spiro atoms. The minimum Gasteiger partial charge on any atom is -0.382 e. The second-order valence-corrected chi connectivity index (χ2v) is 9.66. The van der Waals surface area contributed by atoms with Crippen LogP contribution in [0.5, 0.6) is 0 Å². The third kappa shape index (κ3) is 3.97. The number of nitrogens with one attached hydrogen (secondary N) is 1. The summed E-state index contributed by atoms with van der Waals surface area (Å²) in [6.07, 6.45) is 0.841. The molecule has 8 heteroatoms. The average Bonchev–Trinajstić information content (AvgIpc) is 3.40. The van der Waals surface area contributed by atoms with Gasteiger partial charge in [-0.15, -0.1) is 11.3 Å². The molecule has 158 valence electrons. The van der Waals surface area contributed by atoms with Crippen LogP contribution in [0.4, 0.5) is 24.7 Å². The molecule has 1 aliphatic heterocycles. The van der Waals surface area contributed by atoms with Crippen molar-refractivity contribution in [1.82, 2.24) is 9.97 Å². The molecule has 3 heterocycles. The number of benzene rings is 1. The van der Waals surface area contributed by atoms with E-state index in [1.165, 1.54) is 6.33 Å². The van der Waals surface area contributed by atoms with Crippen molar-refractivity contribution in [1.29, 1.82) is 0 Å². The first kappa shape index (κ1) is 19.6. The van der Waals surface area contributed by atoms with E-state index < -0.39 is 12.6 Å². The molecule has 0 amide bonds. The standard InChI is InChI=1S/C22H23F3N4S/c23-22(24,25)12-17-10-18-19(26-14-27-20(18)30-17)29-9-8-21(13-29)7-6-16(11-21)28-15-4-2-1-3-5-15/h1-5,10,14,16,28H,6-9,11-13H2/t16-,21?/m1/s1. The first-order valence-electron chi connectivity index (χ1n) is 10.3. The normalized spacial score (nSPS) is 24.2. The Morgan fingerprint density at radius 2 is 2.00 bits per heavy atom. The molecule has 3 aromatic rings. The second-order valence-electron chi connectivity index (χ2n) is 8.54. The number of thiophene rings is 1. The molecular weight excluding hydrogens is 409 g/mol. The van der Waals surface area contributed by atoms with Crippen molar-refractivity contribution >= 4 is 33.1 Å². The molecule has 2 aliphatic rings. The zero-order valence-corrected chi connectivity index (χ0v) is 17.3. The highest BCUT2D eigenvalue weighted by Gasteiger charge is 2.44. The topological polar surface area (TPSA) is 41.0 Å². The van der Waals surface area contributed by atoms with Crippen LogP contribution in [-0.2, 0) is 6.42 Å². The van der Waals surface area contributed by atoms with Crippen LogP contribution in [0, 0.1) is 5.41 Å². The van der Waals surface area contributed by atoms with Crippen LogP contribution >= 0.6 is 11.3 Å². The Hall–Kier alpha value is -2.35. The van der Waals surface area contributed by atoms with Gasteiger partial charge in [0.05, 0.1) is 11.8 Å². The second kappa shape index (κ2) is 7.41. The van der Waals surface area contributed by atoms with Crippen LogP contribution in [0.1, 0.15) is 30.6 Å². The predicted molar refractivity (Wildman–Crippen MR) is 114 cm³/mol. The molecule has 1 saturated heterocycles. The van der Waals surface area contributed by atoms with Crippen molar-refractivity contribution in [3.8, 4) is 0 Å². The van der Waals surface area contributed by atoms with Crippen LogP contribution in [0.3, 0.4) is 0 Å². The highest BCUT2D eigenvalue weighted by molar-refractivity contribution is 7.18. The van der Waals surface area contributed by atoms with E-state index in [0.29, 0.717) is 15.7 Å². The van der Waals surface area contributed by atoms with Crippen LogP contribution in [0.25, 0.3) is 10.2 Å². The smallest absolute Gasteiger partial charge is 0.382 e. The number of para-hydroxylation sites is 1. The average molecular weight is 433 g/mol. The Bertz CT molecular complexity index is 1040.